The third-order valence-electron chi connectivity index (χ3n) is 5.20. The highest BCUT2D eigenvalue weighted by Crippen LogP contribution is 2.27. The van der Waals surface area contributed by atoms with E-state index in [4.69, 9.17) is 4.52 Å². The predicted molar refractivity (Wildman–Crippen MR) is 89.0 cm³/mol. The lowest BCUT2D eigenvalue weighted by Crippen LogP contribution is -2.49. The Balaban J connectivity index is 1.55. The lowest BCUT2D eigenvalue weighted by Gasteiger charge is -2.37. The van der Waals surface area contributed by atoms with Crippen molar-refractivity contribution in [3.63, 3.8) is 0 Å². The zero-order valence-electron chi connectivity index (χ0n) is 14.4. The first-order valence-electron chi connectivity index (χ1n) is 9.13. The average Bonchev–Trinajstić information content (AvgIpc) is 2.83. The number of rotatable bonds is 4. The highest BCUT2D eigenvalue weighted by Gasteiger charge is 2.34. The van der Waals surface area contributed by atoms with Crippen LogP contribution in [0.25, 0.3) is 0 Å². The minimum atomic E-state index is -0.112. The van der Waals surface area contributed by atoms with Crippen molar-refractivity contribution in [2.75, 3.05) is 6.54 Å². The number of amides is 2. The first kappa shape index (κ1) is 17.0. The summed E-state index contributed by atoms with van der Waals surface area (Å²) in [6.45, 7) is 2.77. The molecule has 24 heavy (non-hydrogen) atoms. The van der Waals surface area contributed by atoms with E-state index in [1.54, 1.807) is 0 Å². The zero-order valence-corrected chi connectivity index (χ0v) is 14.4. The van der Waals surface area contributed by atoms with E-state index in [9.17, 15) is 9.59 Å². The van der Waals surface area contributed by atoms with Crippen molar-refractivity contribution < 1.29 is 14.1 Å². The first-order valence-corrected chi connectivity index (χ1v) is 9.13. The fourth-order valence-corrected chi connectivity index (χ4v) is 3.83. The van der Waals surface area contributed by atoms with Crippen molar-refractivity contribution in [1.29, 1.82) is 0 Å². The summed E-state index contributed by atoms with van der Waals surface area (Å²) in [5.74, 6) is 0.862. The molecule has 1 atom stereocenters. The molecule has 0 aromatic carbocycles. The summed E-state index contributed by atoms with van der Waals surface area (Å²) in [4.78, 5) is 26.8. The lowest BCUT2D eigenvalue weighted by atomic mass is 9.93. The molecule has 132 valence electrons. The smallest absolute Gasteiger partial charge is 0.225 e. The molecule has 1 aliphatic carbocycles. The van der Waals surface area contributed by atoms with Gasteiger partial charge in [0, 0.05) is 25.1 Å². The van der Waals surface area contributed by atoms with Crippen LogP contribution in [0.3, 0.4) is 0 Å². The molecule has 2 heterocycles. The number of nitrogens with one attached hydrogen (secondary N) is 1. The van der Waals surface area contributed by atoms with Crippen molar-refractivity contribution in [2.24, 2.45) is 5.92 Å². The fraction of sp³-hybridized carbons (Fsp3) is 0.722. The van der Waals surface area contributed by atoms with Gasteiger partial charge in [-0.2, -0.15) is 0 Å². The van der Waals surface area contributed by atoms with Gasteiger partial charge in [0.05, 0.1) is 12.5 Å². The number of nitrogens with zero attached hydrogens (tertiary/aromatic N) is 2. The quantitative estimate of drug-likeness (QED) is 0.859. The second-order valence-electron chi connectivity index (χ2n) is 7.07. The molecule has 1 aromatic rings. The molecular formula is C18H27N3O3. The number of likely N-dealkylation sites (tertiary alicyclic amines) is 1. The fourth-order valence-electron chi connectivity index (χ4n) is 3.83. The lowest BCUT2D eigenvalue weighted by molar-refractivity contribution is -0.141. The molecule has 0 spiro atoms. The van der Waals surface area contributed by atoms with Crippen molar-refractivity contribution in [1.82, 2.24) is 15.4 Å². The summed E-state index contributed by atoms with van der Waals surface area (Å²) in [5, 5.41) is 6.82. The molecule has 0 radical (unpaired) electrons. The molecule has 1 aromatic heterocycles. The number of hydrogen-bond acceptors (Lipinski definition) is 4. The van der Waals surface area contributed by atoms with E-state index in [-0.39, 0.29) is 17.7 Å². The molecule has 0 unspecified atom stereocenters. The summed E-state index contributed by atoms with van der Waals surface area (Å²) in [6.07, 6.45) is 8.20. The van der Waals surface area contributed by atoms with Gasteiger partial charge >= 0.3 is 0 Å². The van der Waals surface area contributed by atoms with Crippen LogP contribution in [-0.4, -0.2) is 34.5 Å². The number of hydrogen-bond donors (Lipinski definition) is 1. The second-order valence-corrected chi connectivity index (χ2v) is 7.07. The van der Waals surface area contributed by atoms with Crippen LogP contribution in [-0.2, 0) is 16.1 Å². The zero-order chi connectivity index (χ0) is 16.9. The van der Waals surface area contributed by atoms with E-state index in [2.05, 4.69) is 10.5 Å². The highest BCUT2D eigenvalue weighted by atomic mass is 16.5. The van der Waals surface area contributed by atoms with Crippen molar-refractivity contribution in [3.8, 4) is 0 Å². The minimum Gasteiger partial charge on any atom is -0.361 e. The Morgan fingerprint density at radius 2 is 2.04 bits per heavy atom. The van der Waals surface area contributed by atoms with E-state index in [1.807, 2.05) is 17.9 Å². The number of carbonyl (C=O) groups is 2. The van der Waals surface area contributed by atoms with Gasteiger partial charge < -0.3 is 14.7 Å². The van der Waals surface area contributed by atoms with Crippen molar-refractivity contribution >= 4 is 11.8 Å². The maximum Gasteiger partial charge on any atom is 0.225 e. The summed E-state index contributed by atoms with van der Waals surface area (Å²) in [6, 6.07) is 2.15. The molecule has 2 aliphatic rings. The molecular weight excluding hydrogens is 306 g/mol. The Kier molecular flexibility index (Phi) is 5.53. The minimum absolute atomic E-state index is 0.0155. The van der Waals surface area contributed by atoms with E-state index >= 15 is 0 Å². The topological polar surface area (TPSA) is 75.4 Å². The molecule has 1 aliphatic heterocycles. The van der Waals surface area contributed by atoms with Gasteiger partial charge in [0.15, 0.2) is 0 Å². The molecule has 2 amide bonds. The first-order chi connectivity index (χ1) is 11.6. The molecule has 1 saturated heterocycles. The van der Waals surface area contributed by atoms with Gasteiger partial charge in [-0.3, -0.25) is 9.59 Å². The Morgan fingerprint density at radius 3 is 2.71 bits per heavy atom. The van der Waals surface area contributed by atoms with Crippen molar-refractivity contribution in [2.45, 2.75) is 70.9 Å². The van der Waals surface area contributed by atoms with Gasteiger partial charge in [0.2, 0.25) is 11.8 Å². The van der Waals surface area contributed by atoms with Gasteiger partial charge in [0.25, 0.3) is 0 Å². The third kappa shape index (κ3) is 4.16. The predicted octanol–water partition coefficient (Wildman–Crippen LogP) is 2.56. The Hall–Kier alpha value is -1.85. The second kappa shape index (κ2) is 7.81. The van der Waals surface area contributed by atoms with Crippen LogP contribution in [0.2, 0.25) is 0 Å². The summed E-state index contributed by atoms with van der Waals surface area (Å²) < 4.78 is 5.01. The molecule has 6 nitrogen and oxygen atoms in total. The van der Waals surface area contributed by atoms with Gasteiger partial charge in [-0.1, -0.05) is 30.8 Å². The number of carbonyl (C=O) groups excluding carboxylic acids is 2. The monoisotopic (exact) mass is 333 g/mol. The standard InChI is InChI=1S/C18H27N3O3/c1-13-10-15(20-24-13)11-19-18(23)14-8-9-17(22)21(12-14)16-6-4-2-3-5-7-16/h10,14,16H,2-9,11-12H2,1H3,(H,19,23)/t14-/m0/s1. The van der Waals surface area contributed by atoms with Gasteiger partial charge in [0.1, 0.15) is 11.5 Å². The molecule has 1 saturated carbocycles. The van der Waals surface area contributed by atoms with Gasteiger partial charge in [-0.05, 0) is 26.2 Å². The molecule has 6 heteroatoms. The number of piperidine rings is 1. The normalized spacial score (nSPS) is 23.1. The Morgan fingerprint density at radius 1 is 1.29 bits per heavy atom. The molecule has 0 bridgehead atoms. The summed E-state index contributed by atoms with van der Waals surface area (Å²) >= 11 is 0. The van der Waals surface area contributed by atoms with E-state index < -0.39 is 0 Å². The largest absolute Gasteiger partial charge is 0.361 e. The van der Waals surface area contributed by atoms with Gasteiger partial charge in [-0.25, -0.2) is 0 Å². The SMILES string of the molecule is Cc1cc(CNC(=O)[C@H]2CCC(=O)N(C3CCCCCC3)C2)no1. The van der Waals surface area contributed by atoms with Crippen LogP contribution in [0.15, 0.2) is 10.6 Å². The van der Waals surface area contributed by atoms with Crippen LogP contribution in [0.1, 0.15) is 62.8 Å². The van der Waals surface area contributed by atoms with Gasteiger partial charge in [-0.15, -0.1) is 0 Å². The van der Waals surface area contributed by atoms with Crippen LogP contribution < -0.4 is 5.32 Å². The molecule has 2 fully saturated rings. The maximum atomic E-state index is 12.5. The summed E-state index contributed by atoms with van der Waals surface area (Å²) in [7, 11) is 0. The Bertz CT molecular complexity index is 576. The van der Waals surface area contributed by atoms with Crippen LogP contribution in [0.4, 0.5) is 0 Å². The Labute approximate surface area is 142 Å². The third-order valence-corrected chi connectivity index (χ3v) is 5.20. The summed E-state index contributed by atoms with van der Waals surface area (Å²) in [5.41, 5.74) is 0.730. The molecule has 1 N–H and O–H groups in total. The van der Waals surface area contributed by atoms with Crippen LogP contribution >= 0.6 is 0 Å². The van der Waals surface area contributed by atoms with E-state index in [0.717, 1.165) is 24.3 Å². The molecule has 3 rings (SSSR count). The van der Waals surface area contributed by atoms with E-state index in [1.165, 1.54) is 25.7 Å². The number of aromatic nitrogens is 1. The van der Waals surface area contributed by atoms with Crippen LogP contribution in [0.5, 0.6) is 0 Å². The van der Waals surface area contributed by atoms with Crippen LogP contribution in [0, 0.1) is 12.8 Å². The average molecular weight is 333 g/mol. The maximum absolute atomic E-state index is 12.5. The van der Waals surface area contributed by atoms with E-state index in [0.29, 0.717) is 32.0 Å². The number of aryl methyl sites for hydroxylation is 1. The van der Waals surface area contributed by atoms with Crippen molar-refractivity contribution in [3.05, 3.63) is 17.5 Å². The highest BCUT2D eigenvalue weighted by molar-refractivity contribution is 5.84.